The number of hydrogen-bond acceptors (Lipinski definition) is 6. The molecule has 2 aromatic heterocycles. The molecule has 0 radical (unpaired) electrons. The molecule has 28 heavy (non-hydrogen) atoms. The number of guanidine groups is 1. The molecule has 7 nitrogen and oxygen atoms in total. The predicted octanol–water partition coefficient (Wildman–Crippen LogP) is 1.90. The van der Waals surface area contributed by atoms with E-state index in [1.54, 1.807) is 18.4 Å². The lowest BCUT2D eigenvalue weighted by Gasteiger charge is -2.34. The molecule has 3 heterocycles. The molecule has 0 bridgehead atoms. The number of likely N-dealkylation sites (N-methyl/N-ethyl adjacent to an activating group) is 1. The van der Waals surface area contributed by atoms with Crippen LogP contribution in [0.3, 0.4) is 0 Å². The molecule has 0 aromatic carbocycles. The van der Waals surface area contributed by atoms with E-state index in [0.29, 0.717) is 6.54 Å². The minimum atomic E-state index is 0.701. The average molecular weight is 402 g/mol. The van der Waals surface area contributed by atoms with Crippen molar-refractivity contribution in [3.8, 4) is 0 Å². The minimum Gasteiger partial charge on any atom is -0.356 e. The first-order chi connectivity index (χ1) is 13.7. The monoisotopic (exact) mass is 401 g/mol. The standard InChI is InChI=1S/C20H31N7S/c1-4-26-9-11-27(12-10-26)18-6-5-17(14-23-18)15-25-20(21-3)22-8-7-19-24-13-16(2)28-19/h5-6,13-14H,4,7-12,15H2,1-3H3,(H2,21,22,25). The number of nitrogens with zero attached hydrogens (tertiary/aromatic N) is 5. The number of nitrogens with one attached hydrogen (secondary N) is 2. The minimum absolute atomic E-state index is 0.701. The van der Waals surface area contributed by atoms with Crippen LogP contribution < -0.4 is 15.5 Å². The molecule has 1 aliphatic heterocycles. The van der Waals surface area contributed by atoms with Gasteiger partial charge in [-0.05, 0) is 25.1 Å². The van der Waals surface area contributed by atoms with Gasteiger partial charge in [-0.1, -0.05) is 13.0 Å². The molecule has 3 rings (SSSR count). The van der Waals surface area contributed by atoms with Gasteiger partial charge in [0.05, 0.1) is 5.01 Å². The number of aromatic nitrogens is 2. The van der Waals surface area contributed by atoms with Crippen LogP contribution in [0.1, 0.15) is 22.4 Å². The Morgan fingerprint density at radius 3 is 2.57 bits per heavy atom. The van der Waals surface area contributed by atoms with Crippen molar-refractivity contribution in [2.75, 3.05) is 51.2 Å². The number of hydrogen-bond donors (Lipinski definition) is 2. The second-order valence-corrected chi connectivity index (χ2v) is 8.23. The first-order valence-corrected chi connectivity index (χ1v) is 10.8. The molecule has 2 aromatic rings. The number of pyridine rings is 1. The molecule has 0 spiro atoms. The van der Waals surface area contributed by atoms with E-state index in [1.807, 2.05) is 12.4 Å². The highest BCUT2D eigenvalue weighted by Crippen LogP contribution is 2.14. The molecule has 152 valence electrons. The SMILES string of the molecule is CCN1CCN(c2ccc(CNC(=NC)NCCc3ncc(C)s3)cn2)CC1. The predicted molar refractivity (Wildman–Crippen MR) is 117 cm³/mol. The number of thiazole rings is 1. The maximum Gasteiger partial charge on any atom is 0.191 e. The Labute approximate surface area is 171 Å². The van der Waals surface area contributed by atoms with Crippen molar-refractivity contribution in [2.45, 2.75) is 26.8 Å². The third kappa shape index (κ3) is 5.90. The first-order valence-electron chi connectivity index (χ1n) is 9.96. The van der Waals surface area contributed by atoms with E-state index in [1.165, 1.54) is 4.88 Å². The highest BCUT2D eigenvalue weighted by Gasteiger charge is 2.16. The number of rotatable bonds is 7. The van der Waals surface area contributed by atoms with Crippen molar-refractivity contribution in [3.05, 3.63) is 40.0 Å². The fraction of sp³-hybridized carbons (Fsp3) is 0.550. The fourth-order valence-electron chi connectivity index (χ4n) is 3.21. The van der Waals surface area contributed by atoms with Crippen LogP contribution in [-0.4, -0.2) is 67.1 Å². The maximum absolute atomic E-state index is 4.66. The Hall–Kier alpha value is -2.19. The largest absolute Gasteiger partial charge is 0.356 e. The third-order valence-electron chi connectivity index (χ3n) is 4.94. The second kappa shape index (κ2) is 10.4. The second-order valence-electron chi connectivity index (χ2n) is 6.91. The summed E-state index contributed by atoms with van der Waals surface area (Å²) in [6, 6.07) is 4.27. The van der Waals surface area contributed by atoms with Gasteiger partial charge in [0.15, 0.2) is 5.96 Å². The molecule has 1 fully saturated rings. The Balaban J connectivity index is 1.42. The van der Waals surface area contributed by atoms with Crippen LogP contribution in [0.5, 0.6) is 0 Å². The summed E-state index contributed by atoms with van der Waals surface area (Å²) >= 11 is 1.75. The van der Waals surface area contributed by atoms with E-state index in [9.17, 15) is 0 Å². The van der Waals surface area contributed by atoms with Gasteiger partial charge in [-0.25, -0.2) is 9.97 Å². The lowest BCUT2D eigenvalue weighted by Crippen LogP contribution is -2.46. The molecule has 0 atom stereocenters. The van der Waals surface area contributed by atoms with Gasteiger partial charge in [0.2, 0.25) is 0 Å². The number of anilines is 1. The summed E-state index contributed by atoms with van der Waals surface area (Å²) in [6.45, 7) is 11.3. The van der Waals surface area contributed by atoms with Gasteiger partial charge in [0.25, 0.3) is 0 Å². The zero-order chi connectivity index (χ0) is 19.8. The quantitative estimate of drug-likeness (QED) is 0.546. The molecule has 0 unspecified atom stereocenters. The van der Waals surface area contributed by atoms with E-state index in [2.05, 4.69) is 61.4 Å². The maximum atomic E-state index is 4.66. The molecule has 0 amide bonds. The Bertz CT molecular complexity index is 748. The van der Waals surface area contributed by atoms with Gasteiger partial charge in [-0.2, -0.15) is 0 Å². The molecule has 2 N–H and O–H groups in total. The summed E-state index contributed by atoms with van der Waals surface area (Å²) < 4.78 is 0. The van der Waals surface area contributed by atoms with E-state index in [4.69, 9.17) is 0 Å². The summed E-state index contributed by atoms with van der Waals surface area (Å²) in [5, 5.41) is 7.85. The summed E-state index contributed by atoms with van der Waals surface area (Å²) in [5.74, 6) is 1.87. The summed E-state index contributed by atoms with van der Waals surface area (Å²) in [6.07, 6.45) is 4.79. The normalized spacial score (nSPS) is 15.7. The smallest absolute Gasteiger partial charge is 0.191 e. The first kappa shape index (κ1) is 20.5. The molecule has 1 aliphatic rings. The van der Waals surface area contributed by atoms with Crippen LogP contribution in [0.15, 0.2) is 29.5 Å². The molecule has 0 aliphatic carbocycles. The summed E-state index contributed by atoms with van der Waals surface area (Å²) in [5.41, 5.74) is 1.15. The van der Waals surface area contributed by atoms with Crippen LogP contribution in [-0.2, 0) is 13.0 Å². The zero-order valence-electron chi connectivity index (χ0n) is 17.1. The van der Waals surface area contributed by atoms with Crippen molar-refractivity contribution >= 4 is 23.1 Å². The fourth-order valence-corrected chi connectivity index (χ4v) is 4.00. The summed E-state index contributed by atoms with van der Waals surface area (Å²) in [4.78, 5) is 19.4. The molecule has 8 heteroatoms. The zero-order valence-corrected chi connectivity index (χ0v) is 17.9. The third-order valence-corrected chi connectivity index (χ3v) is 5.91. The van der Waals surface area contributed by atoms with Gasteiger partial charge in [0.1, 0.15) is 5.82 Å². The molecule has 0 saturated carbocycles. The van der Waals surface area contributed by atoms with Gasteiger partial charge >= 0.3 is 0 Å². The van der Waals surface area contributed by atoms with Crippen LogP contribution in [0, 0.1) is 6.92 Å². The van der Waals surface area contributed by atoms with Gasteiger partial charge < -0.3 is 20.4 Å². The van der Waals surface area contributed by atoms with E-state index in [0.717, 1.165) is 68.0 Å². The van der Waals surface area contributed by atoms with E-state index >= 15 is 0 Å². The van der Waals surface area contributed by atoms with Crippen LogP contribution in [0.25, 0.3) is 0 Å². The number of piperazine rings is 1. The molecule has 1 saturated heterocycles. The number of aryl methyl sites for hydroxylation is 1. The van der Waals surface area contributed by atoms with Crippen molar-refractivity contribution < 1.29 is 0 Å². The Morgan fingerprint density at radius 1 is 1.14 bits per heavy atom. The Morgan fingerprint density at radius 2 is 1.96 bits per heavy atom. The van der Waals surface area contributed by atoms with Gasteiger partial charge in [-0.3, -0.25) is 4.99 Å². The van der Waals surface area contributed by atoms with Crippen molar-refractivity contribution in [1.29, 1.82) is 0 Å². The van der Waals surface area contributed by atoms with Gasteiger partial charge in [0, 0.05) is 70.0 Å². The molecular weight excluding hydrogens is 370 g/mol. The van der Waals surface area contributed by atoms with Crippen LogP contribution >= 0.6 is 11.3 Å². The van der Waals surface area contributed by atoms with Crippen molar-refractivity contribution in [3.63, 3.8) is 0 Å². The van der Waals surface area contributed by atoms with E-state index in [-0.39, 0.29) is 0 Å². The van der Waals surface area contributed by atoms with Crippen molar-refractivity contribution in [2.24, 2.45) is 4.99 Å². The lowest BCUT2D eigenvalue weighted by atomic mass is 10.2. The van der Waals surface area contributed by atoms with E-state index < -0.39 is 0 Å². The van der Waals surface area contributed by atoms with Gasteiger partial charge in [-0.15, -0.1) is 11.3 Å². The topological polar surface area (TPSA) is 68.7 Å². The van der Waals surface area contributed by atoms with Crippen molar-refractivity contribution in [1.82, 2.24) is 25.5 Å². The Kier molecular flexibility index (Phi) is 7.62. The van der Waals surface area contributed by atoms with Crippen LogP contribution in [0.2, 0.25) is 0 Å². The van der Waals surface area contributed by atoms with Crippen LogP contribution in [0.4, 0.5) is 5.82 Å². The molecular formula is C20H31N7S. The highest BCUT2D eigenvalue weighted by molar-refractivity contribution is 7.11. The average Bonchev–Trinajstić information content (AvgIpc) is 3.16. The number of aliphatic imine (C=N–C) groups is 1. The lowest BCUT2D eigenvalue weighted by molar-refractivity contribution is 0.270. The highest BCUT2D eigenvalue weighted by atomic mass is 32.1. The summed E-state index contributed by atoms with van der Waals surface area (Å²) in [7, 11) is 1.79.